The molecule has 0 aromatic carbocycles. The molecule has 0 unspecified atom stereocenters. The van der Waals surface area contributed by atoms with Gasteiger partial charge in [-0.25, -0.2) is 0 Å². The van der Waals surface area contributed by atoms with Crippen LogP contribution >= 0.6 is 0 Å². The Morgan fingerprint density at radius 1 is 0.500 bits per heavy atom. The Kier molecular flexibility index (Phi) is 2.52. The minimum absolute atomic E-state index is 0.0572. The van der Waals surface area contributed by atoms with Crippen molar-refractivity contribution in [1.82, 2.24) is 0 Å². The van der Waals surface area contributed by atoms with E-state index in [0.29, 0.717) is 10.6 Å². The Balaban J connectivity index is 1.36. The summed E-state index contributed by atoms with van der Waals surface area (Å²) < 4.78 is 0. The van der Waals surface area contributed by atoms with Gasteiger partial charge in [-0.05, 0) is 123 Å². The van der Waals surface area contributed by atoms with Crippen LogP contribution in [0.5, 0.6) is 0 Å². The zero-order chi connectivity index (χ0) is 14.5. The van der Waals surface area contributed by atoms with E-state index >= 15 is 0 Å². The molecule has 8 fully saturated rings. The van der Waals surface area contributed by atoms with Crippen molar-refractivity contribution < 1.29 is 5.02 Å². The van der Waals surface area contributed by atoms with Crippen LogP contribution < -0.4 is 0 Å². The van der Waals surface area contributed by atoms with Crippen molar-refractivity contribution in [3.63, 3.8) is 0 Å². The van der Waals surface area contributed by atoms with Gasteiger partial charge in [-0.1, -0.05) is 0 Å². The van der Waals surface area contributed by atoms with Crippen LogP contribution in [0.1, 0.15) is 77.0 Å². The van der Waals surface area contributed by atoms with Gasteiger partial charge in [0.05, 0.1) is 0 Å². The Labute approximate surface area is 135 Å². The fourth-order valence-corrected chi connectivity index (χ4v) is 9.67. The lowest BCUT2D eigenvalue weighted by Gasteiger charge is -2.64. The molecule has 8 rings (SSSR count). The van der Waals surface area contributed by atoms with Crippen LogP contribution in [0.3, 0.4) is 0 Å². The Hall–Kier alpha value is 0.0249. The van der Waals surface area contributed by atoms with E-state index in [4.69, 9.17) is 0 Å². The van der Waals surface area contributed by atoms with Crippen molar-refractivity contribution >= 4 is 6.92 Å². The van der Waals surface area contributed by atoms with E-state index < -0.39 is 0 Å². The summed E-state index contributed by atoms with van der Waals surface area (Å²) in [4.78, 5) is 0. The molecule has 8 aliphatic rings. The zero-order valence-corrected chi connectivity index (χ0v) is 14.0. The maximum Gasteiger partial charge on any atom is 0.301 e. The second-order valence-electron chi connectivity index (χ2n) is 11.0. The average molecular weight is 298 g/mol. The molecular weight excluding hydrogens is 267 g/mol. The SMILES string of the molecule is OB(C12CC3CC(CC(C3)C1)C2)C12CC3CC(CC(C3)C1)C2. The van der Waals surface area contributed by atoms with Crippen LogP contribution in [-0.4, -0.2) is 11.9 Å². The summed E-state index contributed by atoms with van der Waals surface area (Å²) >= 11 is 0. The Bertz CT molecular complexity index is 383. The third-order valence-electron chi connectivity index (χ3n) is 9.33. The van der Waals surface area contributed by atoms with E-state index in [0.717, 1.165) is 35.5 Å². The second-order valence-corrected chi connectivity index (χ2v) is 11.0. The quantitative estimate of drug-likeness (QED) is 0.718. The van der Waals surface area contributed by atoms with Crippen LogP contribution in [0.4, 0.5) is 0 Å². The van der Waals surface area contributed by atoms with E-state index in [1.165, 1.54) is 77.0 Å². The number of hydrogen-bond acceptors (Lipinski definition) is 1. The highest BCUT2D eigenvalue weighted by atomic mass is 16.2. The lowest BCUT2D eigenvalue weighted by atomic mass is 9.21. The van der Waals surface area contributed by atoms with Gasteiger partial charge in [-0.15, -0.1) is 0 Å². The summed E-state index contributed by atoms with van der Waals surface area (Å²) in [5, 5.41) is 12.5. The predicted octanol–water partition coefficient (Wildman–Crippen LogP) is 4.91. The molecule has 0 aromatic rings. The molecule has 0 atom stereocenters. The summed E-state index contributed by atoms with van der Waals surface area (Å²) in [6.07, 6.45) is 17.4. The van der Waals surface area contributed by atoms with Crippen molar-refractivity contribution in [3.8, 4) is 0 Å². The van der Waals surface area contributed by atoms with Crippen molar-refractivity contribution in [3.05, 3.63) is 0 Å². The highest BCUT2D eigenvalue weighted by molar-refractivity contribution is 6.58. The lowest BCUT2D eigenvalue weighted by Crippen LogP contribution is -2.57. The van der Waals surface area contributed by atoms with Crippen LogP contribution in [0.25, 0.3) is 0 Å². The van der Waals surface area contributed by atoms with Crippen LogP contribution in [-0.2, 0) is 0 Å². The van der Waals surface area contributed by atoms with Gasteiger partial charge >= 0.3 is 6.92 Å². The number of hydrogen-bond donors (Lipinski definition) is 1. The fourth-order valence-electron chi connectivity index (χ4n) is 9.67. The van der Waals surface area contributed by atoms with Crippen molar-refractivity contribution in [2.75, 3.05) is 0 Å². The van der Waals surface area contributed by atoms with E-state index in [1.807, 2.05) is 0 Å². The van der Waals surface area contributed by atoms with Gasteiger partial charge in [0.2, 0.25) is 0 Å². The molecule has 2 heteroatoms. The average Bonchev–Trinajstić information content (AvgIpc) is 2.43. The molecule has 0 saturated heterocycles. The first-order valence-corrected chi connectivity index (χ1v) is 10.3. The van der Waals surface area contributed by atoms with Gasteiger partial charge in [-0.3, -0.25) is 0 Å². The molecule has 0 aliphatic heterocycles. The molecule has 0 aromatic heterocycles. The molecule has 22 heavy (non-hydrogen) atoms. The molecule has 8 aliphatic carbocycles. The lowest BCUT2D eigenvalue weighted by molar-refractivity contribution is -0.00491. The van der Waals surface area contributed by atoms with Crippen molar-refractivity contribution in [1.29, 1.82) is 0 Å². The smallest absolute Gasteiger partial charge is 0.301 e. The fraction of sp³-hybridized carbons (Fsp3) is 1.00. The summed E-state index contributed by atoms with van der Waals surface area (Å²) in [7, 11) is 0. The third-order valence-corrected chi connectivity index (χ3v) is 9.33. The van der Waals surface area contributed by atoms with Crippen molar-refractivity contribution in [2.45, 2.75) is 87.7 Å². The first-order chi connectivity index (χ1) is 10.6. The van der Waals surface area contributed by atoms with Gasteiger partial charge in [0, 0.05) is 0 Å². The molecule has 120 valence electrons. The zero-order valence-electron chi connectivity index (χ0n) is 14.0. The van der Waals surface area contributed by atoms with Crippen LogP contribution in [0.15, 0.2) is 0 Å². The van der Waals surface area contributed by atoms with E-state index in [2.05, 4.69) is 0 Å². The molecule has 8 saturated carbocycles. The molecule has 1 nitrogen and oxygen atoms in total. The molecule has 0 radical (unpaired) electrons. The van der Waals surface area contributed by atoms with Gasteiger partial charge in [-0.2, -0.15) is 0 Å². The largest absolute Gasteiger partial charge is 0.449 e. The van der Waals surface area contributed by atoms with Gasteiger partial charge < -0.3 is 5.02 Å². The highest BCUT2D eigenvalue weighted by Gasteiger charge is 2.64. The second kappa shape index (κ2) is 4.16. The predicted molar refractivity (Wildman–Crippen MR) is 89.7 cm³/mol. The van der Waals surface area contributed by atoms with E-state index in [1.54, 1.807) is 0 Å². The Morgan fingerprint density at radius 2 is 0.727 bits per heavy atom. The monoisotopic (exact) mass is 298 g/mol. The molecule has 0 amide bonds. The van der Waals surface area contributed by atoms with E-state index in [-0.39, 0.29) is 6.92 Å². The van der Waals surface area contributed by atoms with Crippen LogP contribution in [0.2, 0.25) is 10.6 Å². The van der Waals surface area contributed by atoms with Gasteiger partial charge in [0.1, 0.15) is 0 Å². The molecule has 0 heterocycles. The highest BCUT2D eigenvalue weighted by Crippen LogP contribution is 2.73. The minimum Gasteiger partial charge on any atom is -0.449 e. The first kappa shape index (κ1) is 13.3. The van der Waals surface area contributed by atoms with Crippen LogP contribution in [0, 0.1) is 35.5 Å². The van der Waals surface area contributed by atoms with E-state index in [9.17, 15) is 5.02 Å². The summed E-state index contributed by atoms with van der Waals surface area (Å²) in [5.74, 6) is 5.89. The standard InChI is InChI=1S/C20H31BO/c22-21(19-7-13-1-14(8-19)3-15(2-13)9-19)20-10-16-4-17(11-20)6-18(5-16)12-20/h13-18,22H,1-12H2. The van der Waals surface area contributed by atoms with Gasteiger partial charge in [0.25, 0.3) is 0 Å². The molecule has 8 bridgehead atoms. The summed E-state index contributed by atoms with van der Waals surface area (Å²) in [6, 6.07) is 0. The number of rotatable bonds is 2. The maximum absolute atomic E-state index is 11.8. The normalized spacial score (nSPS) is 61.0. The Morgan fingerprint density at radius 3 is 0.955 bits per heavy atom. The minimum atomic E-state index is 0.0572. The van der Waals surface area contributed by atoms with Crippen molar-refractivity contribution in [2.24, 2.45) is 35.5 Å². The van der Waals surface area contributed by atoms with Gasteiger partial charge in [0.15, 0.2) is 0 Å². The molecule has 1 N–H and O–H groups in total. The molecular formula is C20H31BO. The summed E-state index contributed by atoms with van der Waals surface area (Å²) in [5.41, 5.74) is 0. The summed E-state index contributed by atoms with van der Waals surface area (Å²) in [6.45, 7) is 0.0572. The first-order valence-electron chi connectivity index (χ1n) is 10.3. The third kappa shape index (κ3) is 1.66. The maximum atomic E-state index is 11.8. The topological polar surface area (TPSA) is 20.2 Å². The molecule has 0 spiro atoms.